The van der Waals surface area contributed by atoms with Crippen molar-refractivity contribution in [1.82, 2.24) is 10.6 Å². The molecule has 0 bridgehead atoms. The maximum atomic E-state index is 13.2. The van der Waals surface area contributed by atoms with Gasteiger partial charge in [-0.05, 0) is 22.3 Å². The molecule has 3 nitrogen and oxygen atoms in total. The standard InChI is InChI=1S/C28H26N2O/c31-27(21-23-13-5-1-6-14-23)30-28(25-17-9-3-10-18-25,26-19-11-4-12-20-26)29-22-24-15-7-2-8-16-24/h1-20,29H,21-22H2,(H,30,31). The number of hydrogen-bond donors (Lipinski definition) is 2. The Hall–Kier alpha value is -3.69. The SMILES string of the molecule is O=C(Cc1ccccc1)NC(NCc1ccccc1)(c1ccccc1)c1ccccc1. The molecule has 1 amide bonds. The Balaban J connectivity index is 1.72. The number of benzene rings is 4. The van der Waals surface area contributed by atoms with Crippen LogP contribution in [0.1, 0.15) is 22.3 Å². The maximum Gasteiger partial charge on any atom is 0.226 e. The summed E-state index contributed by atoms with van der Waals surface area (Å²) < 4.78 is 0. The highest BCUT2D eigenvalue weighted by Crippen LogP contribution is 2.28. The van der Waals surface area contributed by atoms with Crippen molar-refractivity contribution in [2.24, 2.45) is 0 Å². The van der Waals surface area contributed by atoms with E-state index in [4.69, 9.17) is 0 Å². The van der Waals surface area contributed by atoms with Crippen LogP contribution >= 0.6 is 0 Å². The molecule has 0 fully saturated rings. The fourth-order valence-electron chi connectivity index (χ4n) is 3.80. The van der Waals surface area contributed by atoms with E-state index >= 15 is 0 Å². The Morgan fingerprint density at radius 3 is 1.48 bits per heavy atom. The summed E-state index contributed by atoms with van der Waals surface area (Å²) >= 11 is 0. The molecule has 3 heteroatoms. The van der Waals surface area contributed by atoms with Crippen molar-refractivity contribution in [3.63, 3.8) is 0 Å². The Morgan fingerprint density at radius 2 is 1.00 bits per heavy atom. The van der Waals surface area contributed by atoms with Gasteiger partial charge in [-0.25, -0.2) is 0 Å². The largest absolute Gasteiger partial charge is 0.330 e. The van der Waals surface area contributed by atoms with E-state index < -0.39 is 5.66 Å². The first-order valence-electron chi connectivity index (χ1n) is 10.5. The molecule has 0 aliphatic carbocycles. The van der Waals surface area contributed by atoms with Crippen LogP contribution in [0, 0.1) is 0 Å². The quantitative estimate of drug-likeness (QED) is 0.403. The molecule has 4 aromatic carbocycles. The normalized spacial score (nSPS) is 11.1. The van der Waals surface area contributed by atoms with Crippen LogP contribution in [-0.4, -0.2) is 5.91 Å². The van der Waals surface area contributed by atoms with Crippen LogP contribution in [0.25, 0.3) is 0 Å². The zero-order valence-electron chi connectivity index (χ0n) is 17.4. The first-order chi connectivity index (χ1) is 15.3. The zero-order valence-corrected chi connectivity index (χ0v) is 17.4. The molecule has 0 unspecified atom stereocenters. The lowest BCUT2D eigenvalue weighted by Crippen LogP contribution is -2.57. The van der Waals surface area contributed by atoms with Gasteiger partial charge >= 0.3 is 0 Å². The van der Waals surface area contributed by atoms with Crippen molar-refractivity contribution in [3.05, 3.63) is 144 Å². The van der Waals surface area contributed by atoms with Gasteiger partial charge in [-0.2, -0.15) is 0 Å². The summed E-state index contributed by atoms with van der Waals surface area (Å²) in [7, 11) is 0. The van der Waals surface area contributed by atoms with Gasteiger partial charge in [0.2, 0.25) is 5.91 Å². The molecule has 2 N–H and O–H groups in total. The van der Waals surface area contributed by atoms with Crippen LogP contribution in [0.5, 0.6) is 0 Å². The monoisotopic (exact) mass is 406 g/mol. The van der Waals surface area contributed by atoms with Crippen molar-refractivity contribution in [2.45, 2.75) is 18.6 Å². The first-order valence-corrected chi connectivity index (χ1v) is 10.5. The maximum absolute atomic E-state index is 13.2. The van der Waals surface area contributed by atoms with Crippen LogP contribution in [0.3, 0.4) is 0 Å². The van der Waals surface area contributed by atoms with Gasteiger partial charge < -0.3 is 5.32 Å². The van der Waals surface area contributed by atoms with Crippen molar-refractivity contribution in [2.75, 3.05) is 0 Å². The van der Waals surface area contributed by atoms with Gasteiger partial charge in [0.15, 0.2) is 0 Å². The molecule has 0 radical (unpaired) electrons. The van der Waals surface area contributed by atoms with Gasteiger partial charge in [0.25, 0.3) is 0 Å². The summed E-state index contributed by atoms with van der Waals surface area (Å²) in [4.78, 5) is 13.2. The van der Waals surface area contributed by atoms with Crippen molar-refractivity contribution >= 4 is 5.91 Å². The minimum Gasteiger partial charge on any atom is -0.330 e. The number of rotatable bonds is 8. The summed E-state index contributed by atoms with van der Waals surface area (Å²) in [6.45, 7) is 0.607. The molecule has 4 rings (SSSR count). The van der Waals surface area contributed by atoms with E-state index in [9.17, 15) is 4.79 Å². The predicted octanol–water partition coefficient (Wildman–Crippen LogP) is 5.04. The Morgan fingerprint density at radius 1 is 0.581 bits per heavy atom. The van der Waals surface area contributed by atoms with E-state index in [-0.39, 0.29) is 5.91 Å². The van der Waals surface area contributed by atoms with Gasteiger partial charge in [-0.15, -0.1) is 0 Å². The van der Waals surface area contributed by atoms with Gasteiger partial charge in [-0.3, -0.25) is 10.1 Å². The minimum atomic E-state index is -0.857. The second-order valence-electron chi connectivity index (χ2n) is 7.53. The number of nitrogens with one attached hydrogen (secondary N) is 2. The van der Waals surface area contributed by atoms with Crippen LogP contribution in [0.15, 0.2) is 121 Å². The third-order valence-corrected chi connectivity index (χ3v) is 5.35. The second-order valence-corrected chi connectivity index (χ2v) is 7.53. The van der Waals surface area contributed by atoms with Crippen LogP contribution < -0.4 is 10.6 Å². The molecule has 0 aromatic heterocycles. The molecule has 31 heavy (non-hydrogen) atoms. The summed E-state index contributed by atoms with van der Waals surface area (Å²) in [5.41, 5.74) is 3.25. The van der Waals surface area contributed by atoms with E-state index in [2.05, 4.69) is 22.8 Å². The summed E-state index contributed by atoms with van der Waals surface area (Å²) in [6, 6.07) is 40.2. The van der Waals surface area contributed by atoms with Crippen LogP contribution in [0.2, 0.25) is 0 Å². The first kappa shape index (κ1) is 20.6. The molecule has 0 heterocycles. The minimum absolute atomic E-state index is 0.0422. The van der Waals surface area contributed by atoms with Crippen molar-refractivity contribution in [3.8, 4) is 0 Å². The lowest BCUT2D eigenvalue weighted by molar-refractivity contribution is -0.122. The Labute approximate surface area is 183 Å². The zero-order chi connectivity index (χ0) is 21.4. The molecule has 0 aliphatic rings. The van der Waals surface area contributed by atoms with E-state index in [0.29, 0.717) is 13.0 Å². The average molecular weight is 407 g/mol. The predicted molar refractivity (Wildman–Crippen MR) is 125 cm³/mol. The number of carbonyl (C=O) groups excluding carboxylic acids is 1. The molecule has 0 aliphatic heterocycles. The third kappa shape index (κ3) is 5.08. The highest BCUT2D eigenvalue weighted by molar-refractivity contribution is 5.80. The van der Waals surface area contributed by atoms with E-state index in [1.165, 1.54) is 0 Å². The lowest BCUT2D eigenvalue weighted by atomic mass is 9.90. The number of carbonyl (C=O) groups is 1. The Kier molecular flexibility index (Phi) is 6.56. The van der Waals surface area contributed by atoms with E-state index in [1.807, 2.05) is 109 Å². The van der Waals surface area contributed by atoms with Crippen LogP contribution in [-0.2, 0) is 23.4 Å². The smallest absolute Gasteiger partial charge is 0.226 e. The van der Waals surface area contributed by atoms with E-state index in [1.54, 1.807) is 0 Å². The summed E-state index contributed by atoms with van der Waals surface area (Å²) in [5, 5.41) is 7.00. The lowest BCUT2D eigenvalue weighted by Gasteiger charge is -2.37. The topological polar surface area (TPSA) is 41.1 Å². The molecule has 0 saturated heterocycles. The molecular weight excluding hydrogens is 380 g/mol. The molecule has 0 spiro atoms. The summed E-state index contributed by atoms with van der Waals surface area (Å²) in [6.07, 6.45) is 0.315. The van der Waals surface area contributed by atoms with Crippen LogP contribution in [0.4, 0.5) is 0 Å². The van der Waals surface area contributed by atoms with E-state index in [0.717, 1.165) is 22.3 Å². The van der Waals surface area contributed by atoms with Gasteiger partial charge in [0, 0.05) is 6.54 Å². The third-order valence-electron chi connectivity index (χ3n) is 5.35. The van der Waals surface area contributed by atoms with Crippen molar-refractivity contribution in [1.29, 1.82) is 0 Å². The highest BCUT2D eigenvalue weighted by Gasteiger charge is 2.35. The summed E-state index contributed by atoms with van der Waals surface area (Å²) in [5.74, 6) is -0.0422. The molecule has 154 valence electrons. The number of amides is 1. The molecular formula is C28H26N2O. The van der Waals surface area contributed by atoms with Gasteiger partial charge in [-0.1, -0.05) is 121 Å². The average Bonchev–Trinajstić information content (AvgIpc) is 2.84. The molecule has 0 atom stereocenters. The van der Waals surface area contributed by atoms with Gasteiger partial charge in [0.05, 0.1) is 6.42 Å². The Bertz CT molecular complexity index is 1040. The molecule has 4 aromatic rings. The molecule has 0 saturated carbocycles. The fourth-order valence-corrected chi connectivity index (χ4v) is 3.80. The van der Waals surface area contributed by atoms with Gasteiger partial charge in [0.1, 0.15) is 5.66 Å². The fraction of sp³-hybridized carbons (Fsp3) is 0.107. The highest BCUT2D eigenvalue weighted by atomic mass is 16.1. The number of hydrogen-bond acceptors (Lipinski definition) is 2. The van der Waals surface area contributed by atoms with Crippen molar-refractivity contribution < 1.29 is 4.79 Å². The second kappa shape index (κ2) is 9.88.